The number of benzene rings is 1. The Hall–Kier alpha value is -1.12. The van der Waals surface area contributed by atoms with E-state index in [1.807, 2.05) is 18.4 Å². The van der Waals surface area contributed by atoms with E-state index in [1.54, 1.807) is 0 Å². The van der Waals surface area contributed by atoms with Crippen LogP contribution in [0.3, 0.4) is 0 Å². The average molecular weight is 217 g/mol. The fourth-order valence-electron chi connectivity index (χ4n) is 1.72. The van der Waals surface area contributed by atoms with E-state index in [1.165, 1.54) is 20.9 Å². The summed E-state index contributed by atoms with van der Waals surface area (Å²) in [5.41, 5.74) is 2.68. The molecule has 1 aromatic heterocycles. The number of hydrogen-bond acceptors (Lipinski definition) is 2. The second kappa shape index (κ2) is 4.60. The van der Waals surface area contributed by atoms with Gasteiger partial charge in [-0.1, -0.05) is 30.3 Å². The van der Waals surface area contributed by atoms with Gasteiger partial charge in [0.25, 0.3) is 0 Å². The van der Waals surface area contributed by atoms with Crippen molar-refractivity contribution in [3.63, 3.8) is 0 Å². The van der Waals surface area contributed by atoms with E-state index in [2.05, 4.69) is 48.6 Å². The highest BCUT2D eigenvalue weighted by atomic mass is 32.1. The summed E-state index contributed by atoms with van der Waals surface area (Å²) in [5, 5.41) is 3.22. The normalized spacial score (nSPS) is 10.5. The summed E-state index contributed by atoms with van der Waals surface area (Å²) >= 11 is 1.87. The van der Waals surface area contributed by atoms with Gasteiger partial charge in [-0.2, -0.15) is 0 Å². The highest BCUT2D eigenvalue weighted by molar-refractivity contribution is 7.12. The van der Waals surface area contributed by atoms with Crippen molar-refractivity contribution in [1.29, 1.82) is 0 Å². The molecular weight excluding hydrogens is 202 g/mol. The lowest BCUT2D eigenvalue weighted by atomic mass is 10.1. The van der Waals surface area contributed by atoms with Gasteiger partial charge in [0.05, 0.1) is 0 Å². The van der Waals surface area contributed by atoms with Crippen molar-refractivity contribution in [2.75, 3.05) is 7.05 Å². The number of hydrogen-bond donors (Lipinski definition) is 1. The van der Waals surface area contributed by atoms with Gasteiger partial charge < -0.3 is 5.32 Å². The van der Waals surface area contributed by atoms with Crippen molar-refractivity contribution < 1.29 is 0 Å². The molecule has 0 unspecified atom stereocenters. The van der Waals surface area contributed by atoms with E-state index in [0.717, 1.165) is 6.54 Å². The first-order valence-electron chi connectivity index (χ1n) is 5.10. The molecule has 1 N–H and O–H groups in total. The molecule has 0 bridgehead atoms. The Morgan fingerprint density at radius 3 is 2.60 bits per heavy atom. The quantitative estimate of drug-likeness (QED) is 0.830. The predicted molar refractivity (Wildman–Crippen MR) is 67.3 cm³/mol. The van der Waals surface area contributed by atoms with E-state index in [0.29, 0.717) is 0 Å². The Morgan fingerprint density at radius 1 is 1.20 bits per heavy atom. The molecule has 1 aromatic carbocycles. The molecule has 0 amide bonds. The third-order valence-electron chi connectivity index (χ3n) is 2.35. The fourth-order valence-corrected chi connectivity index (χ4v) is 2.79. The minimum absolute atomic E-state index is 0.947. The third-order valence-corrected chi connectivity index (χ3v) is 3.40. The van der Waals surface area contributed by atoms with Crippen molar-refractivity contribution in [2.45, 2.75) is 13.5 Å². The third kappa shape index (κ3) is 2.28. The molecule has 0 aliphatic carbocycles. The van der Waals surface area contributed by atoms with Crippen molar-refractivity contribution in [2.24, 2.45) is 0 Å². The summed E-state index contributed by atoms with van der Waals surface area (Å²) in [4.78, 5) is 2.79. The molecule has 2 rings (SSSR count). The maximum absolute atomic E-state index is 3.22. The van der Waals surface area contributed by atoms with E-state index in [9.17, 15) is 0 Å². The molecule has 0 fully saturated rings. The van der Waals surface area contributed by atoms with Crippen LogP contribution in [0.15, 0.2) is 36.4 Å². The van der Waals surface area contributed by atoms with Crippen LogP contribution in [0.1, 0.15) is 9.75 Å². The molecule has 1 nitrogen and oxygen atoms in total. The SMILES string of the molecule is CNCc1sc(C)cc1-c1ccccc1. The maximum atomic E-state index is 3.22. The highest BCUT2D eigenvalue weighted by Crippen LogP contribution is 2.30. The van der Waals surface area contributed by atoms with Crippen LogP contribution in [-0.4, -0.2) is 7.05 Å². The van der Waals surface area contributed by atoms with Gasteiger partial charge in [0, 0.05) is 16.3 Å². The smallest absolute Gasteiger partial charge is 0.0303 e. The lowest BCUT2D eigenvalue weighted by Gasteiger charge is -2.02. The first-order valence-corrected chi connectivity index (χ1v) is 5.92. The minimum Gasteiger partial charge on any atom is -0.315 e. The van der Waals surface area contributed by atoms with E-state index in [4.69, 9.17) is 0 Å². The molecule has 0 saturated carbocycles. The van der Waals surface area contributed by atoms with Crippen LogP contribution in [0.5, 0.6) is 0 Å². The van der Waals surface area contributed by atoms with Crippen molar-refractivity contribution in [1.82, 2.24) is 5.32 Å². The Morgan fingerprint density at radius 2 is 1.93 bits per heavy atom. The van der Waals surface area contributed by atoms with Gasteiger partial charge in [0.15, 0.2) is 0 Å². The topological polar surface area (TPSA) is 12.0 Å². The molecule has 0 radical (unpaired) electrons. The lowest BCUT2D eigenvalue weighted by molar-refractivity contribution is 0.832. The maximum Gasteiger partial charge on any atom is 0.0303 e. The number of aryl methyl sites for hydroxylation is 1. The zero-order valence-corrected chi connectivity index (χ0v) is 9.90. The Labute approximate surface area is 94.8 Å². The number of rotatable bonds is 3. The zero-order valence-electron chi connectivity index (χ0n) is 9.08. The molecule has 15 heavy (non-hydrogen) atoms. The number of nitrogens with one attached hydrogen (secondary N) is 1. The monoisotopic (exact) mass is 217 g/mol. The molecule has 0 spiro atoms. The average Bonchev–Trinajstić information content (AvgIpc) is 2.62. The van der Waals surface area contributed by atoms with Gasteiger partial charge in [-0.3, -0.25) is 0 Å². The summed E-state index contributed by atoms with van der Waals surface area (Å²) in [6.07, 6.45) is 0. The second-order valence-corrected chi connectivity index (χ2v) is 4.93. The molecule has 0 atom stereocenters. The lowest BCUT2D eigenvalue weighted by Crippen LogP contribution is -2.03. The van der Waals surface area contributed by atoms with Crippen LogP contribution in [0.4, 0.5) is 0 Å². The molecular formula is C13H15NS. The van der Waals surface area contributed by atoms with Gasteiger partial charge in [-0.25, -0.2) is 0 Å². The molecule has 2 heteroatoms. The van der Waals surface area contributed by atoms with Gasteiger partial charge in [-0.15, -0.1) is 11.3 Å². The standard InChI is InChI=1S/C13H15NS/c1-10-8-12(13(15-10)9-14-2)11-6-4-3-5-7-11/h3-8,14H,9H2,1-2H3. The predicted octanol–water partition coefficient (Wildman–Crippen LogP) is 3.44. The van der Waals surface area contributed by atoms with Crippen LogP contribution >= 0.6 is 11.3 Å². The van der Waals surface area contributed by atoms with Crippen LogP contribution in [0.25, 0.3) is 11.1 Å². The molecule has 0 aliphatic rings. The summed E-state index contributed by atoms with van der Waals surface area (Å²) in [6.45, 7) is 3.11. The van der Waals surface area contributed by atoms with Crippen LogP contribution in [0.2, 0.25) is 0 Å². The van der Waals surface area contributed by atoms with Crippen molar-refractivity contribution in [3.8, 4) is 11.1 Å². The van der Waals surface area contributed by atoms with Crippen LogP contribution in [0, 0.1) is 6.92 Å². The van der Waals surface area contributed by atoms with Crippen molar-refractivity contribution in [3.05, 3.63) is 46.2 Å². The van der Waals surface area contributed by atoms with E-state index in [-0.39, 0.29) is 0 Å². The van der Waals surface area contributed by atoms with Gasteiger partial charge in [0.1, 0.15) is 0 Å². The molecule has 0 saturated heterocycles. The fraction of sp³-hybridized carbons (Fsp3) is 0.231. The van der Waals surface area contributed by atoms with Crippen LogP contribution < -0.4 is 5.32 Å². The molecule has 1 heterocycles. The Kier molecular flexibility index (Phi) is 3.19. The second-order valence-electron chi connectivity index (χ2n) is 3.59. The van der Waals surface area contributed by atoms with Gasteiger partial charge in [0.2, 0.25) is 0 Å². The van der Waals surface area contributed by atoms with Crippen molar-refractivity contribution >= 4 is 11.3 Å². The molecule has 2 aromatic rings. The summed E-state index contributed by atoms with van der Waals surface area (Å²) < 4.78 is 0. The first kappa shape index (κ1) is 10.4. The Bertz CT molecular complexity index is 431. The summed E-state index contributed by atoms with van der Waals surface area (Å²) in [7, 11) is 1.99. The van der Waals surface area contributed by atoms with Crippen LogP contribution in [-0.2, 0) is 6.54 Å². The largest absolute Gasteiger partial charge is 0.315 e. The molecule has 0 aliphatic heterocycles. The van der Waals surface area contributed by atoms with E-state index >= 15 is 0 Å². The molecule has 78 valence electrons. The zero-order chi connectivity index (χ0) is 10.7. The van der Waals surface area contributed by atoms with Gasteiger partial charge in [-0.05, 0) is 31.2 Å². The van der Waals surface area contributed by atoms with E-state index < -0.39 is 0 Å². The summed E-state index contributed by atoms with van der Waals surface area (Å²) in [5.74, 6) is 0. The summed E-state index contributed by atoms with van der Waals surface area (Å²) in [6, 6.07) is 12.8. The Balaban J connectivity index is 2.43. The number of thiophene rings is 1. The first-order chi connectivity index (χ1) is 7.31. The van der Waals surface area contributed by atoms with Gasteiger partial charge >= 0.3 is 0 Å². The highest BCUT2D eigenvalue weighted by Gasteiger charge is 2.07. The minimum atomic E-state index is 0.947.